The van der Waals surface area contributed by atoms with Crippen molar-refractivity contribution in [1.29, 1.82) is 0 Å². The number of carboxylic acid groups (broad SMARTS) is 1. The van der Waals surface area contributed by atoms with Gasteiger partial charge < -0.3 is 14.7 Å². The molecule has 2 rings (SSSR count). The fraction of sp³-hybridized carbons (Fsp3) is 0.462. The number of likely N-dealkylation sites (tertiary alicyclic amines) is 1. The second kappa shape index (κ2) is 6.20. The number of amides is 1. The average Bonchev–Trinajstić information content (AvgIpc) is 2.94. The first kappa shape index (κ1) is 16.1. The number of alkyl halides is 3. The smallest absolute Gasteiger partial charge is 0.422 e. The van der Waals surface area contributed by atoms with Crippen molar-refractivity contribution in [3.63, 3.8) is 0 Å². The van der Waals surface area contributed by atoms with Crippen LogP contribution in [0.2, 0.25) is 0 Å². The van der Waals surface area contributed by atoms with Crippen molar-refractivity contribution in [2.45, 2.75) is 25.1 Å². The minimum atomic E-state index is -4.47. The molecule has 9 heteroatoms. The third kappa shape index (κ3) is 3.86. The third-order valence-corrected chi connectivity index (χ3v) is 3.17. The zero-order valence-corrected chi connectivity index (χ0v) is 11.3. The van der Waals surface area contributed by atoms with E-state index in [-0.39, 0.29) is 11.4 Å². The normalized spacial score (nSPS) is 18.3. The minimum absolute atomic E-state index is 0.104. The summed E-state index contributed by atoms with van der Waals surface area (Å²) in [6.45, 7) is -1.15. The van der Waals surface area contributed by atoms with Crippen LogP contribution in [-0.2, 0) is 4.79 Å². The van der Waals surface area contributed by atoms with Crippen LogP contribution in [0.25, 0.3) is 0 Å². The highest BCUT2D eigenvalue weighted by Gasteiger charge is 2.34. The molecule has 0 bridgehead atoms. The fourth-order valence-corrected chi connectivity index (χ4v) is 2.18. The molecule has 0 saturated carbocycles. The van der Waals surface area contributed by atoms with Gasteiger partial charge in [-0.15, -0.1) is 0 Å². The average molecular weight is 318 g/mol. The molecule has 1 saturated heterocycles. The maximum absolute atomic E-state index is 12.2. The number of rotatable bonds is 4. The summed E-state index contributed by atoms with van der Waals surface area (Å²) in [7, 11) is 0. The molecule has 1 aromatic heterocycles. The highest BCUT2D eigenvalue weighted by molar-refractivity contribution is 5.96. The van der Waals surface area contributed by atoms with Gasteiger partial charge in [0.25, 0.3) is 5.91 Å². The van der Waals surface area contributed by atoms with Gasteiger partial charge in [0.2, 0.25) is 5.88 Å². The maximum Gasteiger partial charge on any atom is 0.422 e. The standard InChI is InChI=1S/C13H13F3N2O4/c14-13(15,16)7-22-10-4-3-8(6-17-10)11(19)18-5-1-2-9(18)12(20)21/h3-4,6,9H,1-2,5,7H2,(H,20,21)/t9-/m0/s1. The molecule has 1 aromatic rings. The lowest BCUT2D eigenvalue weighted by molar-refractivity contribution is -0.154. The van der Waals surface area contributed by atoms with Gasteiger partial charge in [-0.05, 0) is 18.9 Å². The van der Waals surface area contributed by atoms with Gasteiger partial charge in [0.05, 0.1) is 5.56 Å². The Kier molecular flexibility index (Phi) is 4.53. The molecule has 1 fully saturated rings. The molecular formula is C13H13F3N2O4. The van der Waals surface area contributed by atoms with E-state index < -0.39 is 30.7 Å². The number of carboxylic acids is 1. The van der Waals surface area contributed by atoms with Crippen LogP contribution in [0.15, 0.2) is 18.3 Å². The van der Waals surface area contributed by atoms with Crippen molar-refractivity contribution >= 4 is 11.9 Å². The molecule has 0 unspecified atom stereocenters. The number of halogens is 3. The second-order valence-corrected chi connectivity index (χ2v) is 4.78. The van der Waals surface area contributed by atoms with Crippen LogP contribution in [0.3, 0.4) is 0 Å². The van der Waals surface area contributed by atoms with Crippen LogP contribution in [0, 0.1) is 0 Å². The predicted octanol–water partition coefficient (Wildman–Crippen LogP) is 1.71. The Balaban J connectivity index is 2.03. The molecule has 0 radical (unpaired) electrons. The largest absolute Gasteiger partial charge is 0.480 e. The number of pyridine rings is 1. The van der Waals surface area contributed by atoms with E-state index in [0.717, 1.165) is 12.3 Å². The van der Waals surface area contributed by atoms with Gasteiger partial charge in [0.15, 0.2) is 6.61 Å². The van der Waals surface area contributed by atoms with Crippen LogP contribution in [0.4, 0.5) is 13.2 Å². The zero-order chi connectivity index (χ0) is 16.3. The first-order chi connectivity index (χ1) is 10.3. The number of hydrogen-bond donors (Lipinski definition) is 1. The number of carbonyl (C=O) groups excluding carboxylic acids is 1. The van der Waals surface area contributed by atoms with Gasteiger partial charge in [-0.2, -0.15) is 13.2 Å². The number of carbonyl (C=O) groups is 2. The molecular weight excluding hydrogens is 305 g/mol. The van der Waals surface area contributed by atoms with Gasteiger partial charge in [-0.3, -0.25) is 4.79 Å². The third-order valence-electron chi connectivity index (χ3n) is 3.17. The van der Waals surface area contributed by atoms with Gasteiger partial charge >= 0.3 is 12.1 Å². The minimum Gasteiger partial charge on any atom is -0.480 e. The predicted molar refractivity (Wildman–Crippen MR) is 67.5 cm³/mol. The Bertz CT molecular complexity index is 559. The van der Waals surface area contributed by atoms with Gasteiger partial charge in [-0.25, -0.2) is 9.78 Å². The molecule has 120 valence electrons. The molecule has 0 aliphatic carbocycles. The molecule has 1 aliphatic rings. The fourth-order valence-electron chi connectivity index (χ4n) is 2.18. The van der Waals surface area contributed by atoms with Crippen molar-refractivity contribution in [2.75, 3.05) is 13.2 Å². The summed E-state index contributed by atoms with van der Waals surface area (Å²) in [6, 6.07) is 1.52. The topological polar surface area (TPSA) is 79.7 Å². The SMILES string of the molecule is O=C(O)[C@@H]1CCCN1C(=O)c1ccc(OCC(F)(F)F)nc1. The molecule has 1 aliphatic heterocycles. The first-order valence-corrected chi connectivity index (χ1v) is 6.47. The van der Waals surface area contributed by atoms with Crippen molar-refractivity contribution in [3.05, 3.63) is 23.9 Å². The summed E-state index contributed by atoms with van der Waals surface area (Å²) < 4.78 is 40.4. The maximum atomic E-state index is 12.2. The summed E-state index contributed by atoms with van der Waals surface area (Å²) in [4.78, 5) is 28.1. The van der Waals surface area contributed by atoms with E-state index in [1.165, 1.54) is 11.0 Å². The highest BCUT2D eigenvalue weighted by Crippen LogP contribution is 2.21. The monoisotopic (exact) mass is 318 g/mol. The Morgan fingerprint density at radius 3 is 2.68 bits per heavy atom. The van der Waals surface area contributed by atoms with Crippen molar-refractivity contribution < 1.29 is 32.6 Å². The van der Waals surface area contributed by atoms with Crippen LogP contribution in [-0.4, -0.2) is 52.2 Å². The Morgan fingerprint density at radius 1 is 1.41 bits per heavy atom. The van der Waals surface area contributed by atoms with Crippen LogP contribution < -0.4 is 4.74 Å². The summed E-state index contributed by atoms with van der Waals surface area (Å²) in [5, 5.41) is 9.03. The van der Waals surface area contributed by atoms with E-state index >= 15 is 0 Å². The molecule has 6 nitrogen and oxygen atoms in total. The summed E-state index contributed by atoms with van der Waals surface area (Å²) in [5.74, 6) is -1.85. The van der Waals surface area contributed by atoms with Gasteiger partial charge in [-0.1, -0.05) is 0 Å². The lowest BCUT2D eigenvalue weighted by Crippen LogP contribution is -2.40. The lowest BCUT2D eigenvalue weighted by atomic mass is 10.2. The Morgan fingerprint density at radius 2 is 2.14 bits per heavy atom. The molecule has 0 spiro atoms. The van der Waals surface area contributed by atoms with E-state index in [0.29, 0.717) is 19.4 Å². The Labute approximate surface area is 123 Å². The highest BCUT2D eigenvalue weighted by atomic mass is 19.4. The molecule has 1 N–H and O–H groups in total. The molecule has 22 heavy (non-hydrogen) atoms. The number of nitrogens with zero attached hydrogens (tertiary/aromatic N) is 2. The van der Waals surface area contributed by atoms with Gasteiger partial charge in [0.1, 0.15) is 6.04 Å². The molecule has 2 heterocycles. The second-order valence-electron chi connectivity index (χ2n) is 4.78. The number of ether oxygens (including phenoxy) is 1. The van der Waals surface area contributed by atoms with E-state index in [1.54, 1.807) is 0 Å². The molecule has 1 atom stereocenters. The van der Waals surface area contributed by atoms with Crippen LogP contribution in [0.1, 0.15) is 23.2 Å². The summed E-state index contributed by atoms with van der Waals surface area (Å²) >= 11 is 0. The van der Waals surface area contributed by atoms with E-state index in [4.69, 9.17) is 5.11 Å². The Hall–Kier alpha value is -2.32. The van der Waals surface area contributed by atoms with E-state index in [9.17, 15) is 22.8 Å². The van der Waals surface area contributed by atoms with E-state index in [2.05, 4.69) is 9.72 Å². The van der Waals surface area contributed by atoms with E-state index in [1.807, 2.05) is 0 Å². The number of hydrogen-bond acceptors (Lipinski definition) is 4. The van der Waals surface area contributed by atoms with Crippen LogP contribution in [0.5, 0.6) is 5.88 Å². The molecule has 0 aromatic carbocycles. The van der Waals surface area contributed by atoms with Crippen molar-refractivity contribution in [1.82, 2.24) is 9.88 Å². The number of aliphatic carboxylic acids is 1. The first-order valence-electron chi connectivity index (χ1n) is 6.47. The zero-order valence-electron chi connectivity index (χ0n) is 11.3. The number of aromatic nitrogens is 1. The van der Waals surface area contributed by atoms with Crippen LogP contribution >= 0.6 is 0 Å². The van der Waals surface area contributed by atoms with Crippen molar-refractivity contribution in [3.8, 4) is 5.88 Å². The summed E-state index contributed by atoms with van der Waals surface area (Å²) in [6.07, 6.45) is -2.43. The molecule has 1 amide bonds. The summed E-state index contributed by atoms with van der Waals surface area (Å²) in [5.41, 5.74) is 0.104. The van der Waals surface area contributed by atoms with Gasteiger partial charge in [0, 0.05) is 18.8 Å². The lowest BCUT2D eigenvalue weighted by Gasteiger charge is -2.21. The quantitative estimate of drug-likeness (QED) is 0.914. The van der Waals surface area contributed by atoms with Crippen molar-refractivity contribution in [2.24, 2.45) is 0 Å².